The summed E-state index contributed by atoms with van der Waals surface area (Å²) >= 11 is 0. The maximum absolute atomic E-state index is 12.9. The molecule has 2 heterocycles. The number of anilines is 2. The molecular weight excluding hydrogens is 434 g/mol. The Balaban J connectivity index is 1.76. The van der Waals surface area contributed by atoms with Crippen LogP contribution in [0.25, 0.3) is 10.9 Å². The number of nitrogens with one attached hydrogen (secondary N) is 2. The number of fused-ring (bicyclic) bond motifs is 1. The summed E-state index contributed by atoms with van der Waals surface area (Å²) in [7, 11) is 1.77. The largest absolute Gasteiger partial charge is 0.490 e. The van der Waals surface area contributed by atoms with Crippen LogP contribution in [-0.4, -0.2) is 67.4 Å². The van der Waals surface area contributed by atoms with Crippen molar-refractivity contribution in [3.8, 4) is 11.5 Å². The van der Waals surface area contributed by atoms with E-state index in [-0.39, 0.29) is 12.6 Å². The topological polar surface area (TPSA) is 97.8 Å². The molecule has 9 heteroatoms. The van der Waals surface area contributed by atoms with Crippen molar-refractivity contribution in [1.82, 2.24) is 15.3 Å². The van der Waals surface area contributed by atoms with Gasteiger partial charge in [0.25, 0.3) is 5.91 Å². The first-order valence-electron chi connectivity index (χ1n) is 14.6. The minimum absolute atomic E-state index is 0.0615. The molecule has 9 nitrogen and oxygen atoms in total. The first-order valence-corrected chi connectivity index (χ1v) is 11.6. The highest BCUT2D eigenvalue weighted by molar-refractivity contribution is 5.92. The maximum atomic E-state index is 12.9. The molecule has 0 spiro atoms. The van der Waals surface area contributed by atoms with Gasteiger partial charge in [0.1, 0.15) is 11.4 Å². The van der Waals surface area contributed by atoms with Crippen LogP contribution in [-0.2, 0) is 9.53 Å². The maximum Gasteiger partial charge on any atom is 0.251 e. The lowest BCUT2D eigenvalue weighted by Gasteiger charge is -2.24. The number of ether oxygens (including phenoxy) is 3. The summed E-state index contributed by atoms with van der Waals surface area (Å²) in [5, 5.41) is 6.46. The molecule has 0 bridgehead atoms. The van der Waals surface area contributed by atoms with E-state index >= 15 is 0 Å². The van der Waals surface area contributed by atoms with E-state index in [4.69, 9.17) is 27.4 Å². The zero-order valence-corrected chi connectivity index (χ0v) is 20.7. The van der Waals surface area contributed by atoms with Crippen LogP contribution in [0.4, 0.5) is 11.8 Å². The van der Waals surface area contributed by atoms with Crippen LogP contribution in [0.3, 0.4) is 0 Å². The number of aromatic nitrogens is 2. The monoisotopic (exact) mass is 479 g/mol. The Kier molecular flexibility index (Phi) is 6.29. The molecule has 0 aliphatic carbocycles. The van der Waals surface area contributed by atoms with E-state index in [0.717, 1.165) is 12.3 Å². The Morgan fingerprint density at radius 2 is 2.12 bits per heavy atom. The molecule has 34 heavy (non-hydrogen) atoms. The second-order valence-corrected chi connectivity index (χ2v) is 8.21. The fraction of sp³-hybridized carbons (Fsp3) is 0.640. The van der Waals surface area contributed by atoms with Crippen molar-refractivity contribution in [3.05, 3.63) is 12.1 Å². The molecule has 1 atom stereocenters. The summed E-state index contributed by atoms with van der Waals surface area (Å²) < 4.78 is 64.3. The molecule has 0 saturated carbocycles. The number of hydrogen-bond donors (Lipinski definition) is 2. The number of amides is 1. The summed E-state index contributed by atoms with van der Waals surface area (Å²) in [5.74, 6) is 1.34. The molecule has 188 valence electrons. The zero-order valence-electron chi connectivity index (χ0n) is 26.7. The molecule has 1 aliphatic heterocycles. The molecule has 1 saturated heterocycles. The number of benzene rings is 1. The first-order chi connectivity index (χ1) is 18.6. The van der Waals surface area contributed by atoms with Crippen molar-refractivity contribution >= 4 is 28.6 Å². The Morgan fingerprint density at radius 1 is 1.32 bits per heavy atom. The highest BCUT2D eigenvalue weighted by Gasteiger charge is 2.37. The van der Waals surface area contributed by atoms with Gasteiger partial charge in [0.05, 0.1) is 21.0 Å². The Bertz CT molecular complexity index is 1230. The summed E-state index contributed by atoms with van der Waals surface area (Å²) in [6.07, 6.45) is -5.55. The van der Waals surface area contributed by atoms with Crippen molar-refractivity contribution in [1.29, 1.82) is 0 Å². The van der Waals surface area contributed by atoms with Crippen LogP contribution in [0.1, 0.15) is 62.0 Å². The van der Waals surface area contributed by atoms with Crippen molar-refractivity contribution in [3.63, 3.8) is 0 Å². The Hall–Kier alpha value is -2.81. The second kappa shape index (κ2) is 11.6. The summed E-state index contributed by atoms with van der Waals surface area (Å²) in [6.45, 7) is 7.42. The third kappa shape index (κ3) is 6.00. The van der Waals surface area contributed by atoms with E-state index in [1.165, 1.54) is 0 Å². The average Bonchev–Trinajstić information content (AvgIpc) is 2.97. The van der Waals surface area contributed by atoms with Gasteiger partial charge >= 0.3 is 0 Å². The van der Waals surface area contributed by atoms with E-state index < -0.39 is 30.8 Å². The molecule has 2 aromatic rings. The molecule has 3 rings (SSSR count). The van der Waals surface area contributed by atoms with E-state index in [9.17, 15) is 4.79 Å². The molecule has 2 N–H and O–H groups in total. The first kappa shape index (κ1) is 18.5. The summed E-state index contributed by atoms with van der Waals surface area (Å²) in [6, 6.07) is 3.68. The lowest BCUT2D eigenvalue weighted by molar-refractivity contribution is -0.139. The van der Waals surface area contributed by atoms with Crippen LogP contribution in [0.2, 0.25) is 0 Å². The number of carbonyl (C=O) groups is 1. The molecule has 1 aromatic heterocycles. The predicted molar refractivity (Wildman–Crippen MR) is 135 cm³/mol. The predicted octanol–water partition coefficient (Wildman–Crippen LogP) is 3.76. The molecule has 1 aromatic carbocycles. The zero-order chi connectivity index (χ0) is 30.1. The van der Waals surface area contributed by atoms with Crippen LogP contribution in [0, 0.1) is 0 Å². The normalized spacial score (nSPS) is 24.8. The van der Waals surface area contributed by atoms with Crippen molar-refractivity contribution in [2.75, 3.05) is 50.1 Å². The van der Waals surface area contributed by atoms with Gasteiger partial charge in [-0.05, 0) is 59.9 Å². The Labute approximate surface area is 211 Å². The van der Waals surface area contributed by atoms with Crippen LogP contribution >= 0.6 is 0 Å². The fourth-order valence-corrected chi connectivity index (χ4v) is 3.51. The molecule has 1 unspecified atom stereocenters. The lowest BCUT2D eigenvalue weighted by Crippen LogP contribution is -2.44. The number of rotatable bonds is 12. The number of hydrogen-bond acceptors (Lipinski definition) is 8. The van der Waals surface area contributed by atoms with E-state index in [0.29, 0.717) is 54.9 Å². The molecule has 1 amide bonds. The highest BCUT2D eigenvalue weighted by atomic mass is 16.5. The van der Waals surface area contributed by atoms with Crippen molar-refractivity contribution in [2.24, 2.45) is 0 Å². The van der Waals surface area contributed by atoms with Crippen LogP contribution < -0.4 is 25.0 Å². The fourth-order valence-electron chi connectivity index (χ4n) is 3.51. The van der Waals surface area contributed by atoms with Crippen molar-refractivity contribution < 1.29 is 27.2 Å². The standard InChI is InChI=1S/C25H39N5O4/c1-7-30(13-10-12-27-23(31)25(5)11-9-14-33-25)24-28-19-16-21(34-17(3)4)20(32-8-2)15-18(19)22(26-6)29-24/h15-17H,7-14H2,1-6H3,(H,27,31)(H,26,28,29)/i9D2,11D2,14D2. The Morgan fingerprint density at radius 3 is 2.74 bits per heavy atom. The van der Waals surface area contributed by atoms with Gasteiger partial charge in [-0.3, -0.25) is 4.79 Å². The van der Waals surface area contributed by atoms with Crippen LogP contribution in [0.15, 0.2) is 12.1 Å². The van der Waals surface area contributed by atoms with Gasteiger partial charge in [0, 0.05) is 50.2 Å². The third-order valence-electron chi connectivity index (χ3n) is 5.24. The van der Waals surface area contributed by atoms with Gasteiger partial charge in [0.2, 0.25) is 5.95 Å². The van der Waals surface area contributed by atoms with Crippen LogP contribution in [0.5, 0.6) is 11.5 Å². The average molecular weight is 480 g/mol. The molecule has 1 aliphatic rings. The minimum atomic E-state index is -3.02. The van der Waals surface area contributed by atoms with E-state index in [1.807, 2.05) is 44.7 Å². The van der Waals surface area contributed by atoms with E-state index in [2.05, 4.69) is 15.6 Å². The van der Waals surface area contributed by atoms with Gasteiger partial charge in [-0.15, -0.1) is 0 Å². The van der Waals surface area contributed by atoms with Gasteiger partial charge in [0.15, 0.2) is 11.5 Å². The second-order valence-electron chi connectivity index (χ2n) is 8.21. The van der Waals surface area contributed by atoms with Gasteiger partial charge in [-0.25, -0.2) is 4.98 Å². The number of carbonyl (C=O) groups excluding carboxylic acids is 1. The van der Waals surface area contributed by atoms with E-state index in [1.54, 1.807) is 7.05 Å². The third-order valence-corrected chi connectivity index (χ3v) is 5.24. The molecular formula is C25H39N5O4. The van der Waals surface area contributed by atoms with Crippen molar-refractivity contribution in [2.45, 2.75) is 65.5 Å². The van der Waals surface area contributed by atoms with Gasteiger partial charge < -0.3 is 29.7 Å². The highest BCUT2D eigenvalue weighted by Crippen LogP contribution is 2.36. The SMILES string of the molecule is [2H]C1([2H])OC(C)(C(=O)NCCCN(CC)c2nc(NC)c3cc(OCC)c(OC(C)C)cc3n2)C([2H])([2H])C1([2H])[2H]. The van der Waals surface area contributed by atoms with Gasteiger partial charge in [-0.1, -0.05) is 0 Å². The summed E-state index contributed by atoms with van der Waals surface area (Å²) in [5.41, 5.74) is -1.68. The summed E-state index contributed by atoms with van der Waals surface area (Å²) in [4.78, 5) is 24.3. The van der Waals surface area contributed by atoms with Gasteiger partial charge in [-0.2, -0.15) is 4.98 Å². The number of nitrogens with zero attached hydrogens (tertiary/aromatic N) is 3. The smallest absolute Gasteiger partial charge is 0.251 e. The molecule has 1 fully saturated rings. The molecule has 0 radical (unpaired) electrons. The minimum Gasteiger partial charge on any atom is -0.490 e. The quantitative estimate of drug-likeness (QED) is 0.444. The lowest BCUT2D eigenvalue weighted by atomic mass is 10.0.